The third kappa shape index (κ3) is 3.86. The third-order valence-corrected chi connectivity index (χ3v) is 8.29. The topological polar surface area (TPSA) is 131 Å². The fraction of sp³-hybridized carbons (Fsp3) is 0.310. The molecule has 0 radical (unpaired) electrons. The minimum atomic E-state index is -0.0679. The summed E-state index contributed by atoms with van der Waals surface area (Å²) >= 11 is 0. The zero-order valence-electron chi connectivity index (χ0n) is 21.7. The van der Waals surface area contributed by atoms with Gasteiger partial charge in [-0.3, -0.25) is 14.9 Å². The molecule has 7 rings (SSSR count). The molecule has 0 aliphatic carbocycles. The van der Waals surface area contributed by atoms with Crippen molar-refractivity contribution >= 4 is 17.4 Å². The van der Waals surface area contributed by atoms with Gasteiger partial charge in [0.2, 0.25) is 5.82 Å². The van der Waals surface area contributed by atoms with Crippen LogP contribution in [0.5, 0.6) is 0 Å². The normalized spacial score (nSPS) is 20.5. The Morgan fingerprint density at radius 2 is 1.82 bits per heavy atom. The number of nitrogens with two attached hydrogens (primary N) is 1. The lowest BCUT2D eigenvalue weighted by Gasteiger charge is -2.38. The number of fused-ring (bicyclic) bond motifs is 3. The molecule has 2 aliphatic rings. The summed E-state index contributed by atoms with van der Waals surface area (Å²) in [6.07, 6.45) is 9.51. The maximum Gasteiger partial charge on any atom is 0.291 e. The smallest absolute Gasteiger partial charge is 0.291 e. The van der Waals surface area contributed by atoms with E-state index in [2.05, 4.69) is 45.4 Å². The van der Waals surface area contributed by atoms with Gasteiger partial charge in [-0.2, -0.15) is 14.7 Å². The van der Waals surface area contributed by atoms with E-state index in [-0.39, 0.29) is 23.9 Å². The summed E-state index contributed by atoms with van der Waals surface area (Å²) < 4.78 is 1.75. The van der Waals surface area contributed by atoms with Crippen LogP contribution >= 0.6 is 0 Å². The minimum absolute atomic E-state index is 0.0679. The number of benzene rings is 1. The Hall–Kier alpha value is -4.60. The van der Waals surface area contributed by atoms with Gasteiger partial charge in [0.25, 0.3) is 5.91 Å². The first-order valence-corrected chi connectivity index (χ1v) is 13.5. The summed E-state index contributed by atoms with van der Waals surface area (Å²) in [5.74, 6) is 1.08. The lowest BCUT2D eigenvalue weighted by Crippen LogP contribution is -2.46. The zero-order chi connectivity index (χ0) is 26.5. The first-order valence-electron chi connectivity index (χ1n) is 13.5. The van der Waals surface area contributed by atoms with Crippen LogP contribution in [0.4, 0.5) is 5.82 Å². The van der Waals surface area contributed by atoms with E-state index in [9.17, 15) is 4.79 Å². The van der Waals surface area contributed by atoms with Crippen molar-refractivity contribution in [1.29, 1.82) is 0 Å². The number of H-pyrrole nitrogens is 1. The molecule has 1 amide bonds. The maximum atomic E-state index is 13.1. The van der Waals surface area contributed by atoms with E-state index < -0.39 is 0 Å². The Morgan fingerprint density at radius 3 is 2.49 bits per heavy atom. The van der Waals surface area contributed by atoms with Gasteiger partial charge < -0.3 is 10.6 Å². The molecule has 5 aromatic rings. The van der Waals surface area contributed by atoms with E-state index in [1.807, 2.05) is 41.6 Å². The van der Waals surface area contributed by atoms with E-state index in [0.717, 1.165) is 71.4 Å². The van der Waals surface area contributed by atoms with Gasteiger partial charge in [0.15, 0.2) is 5.65 Å². The highest BCUT2D eigenvalue weighted by Gasteiger charge is 2.45. The van der Waals surface area contributed by atoms with Gasteiger partial charge >= 0.3 is 0 Å². The molecule has 0 spiro atoms. The molecule has 3 N–H and O–H groups in total. The highest BCUT2D eigenvalue weighted by atomic mass is 16.2. The number of hydrogen-bond donors (Lipinski definition) is 2. The number of aromatic amines is 1. The SMILES string of the molecule is CCc1c(C2CC3CCC(C2)N3C(=O)c2ncn[nH]2)nc2c(-c3ccc(-c4ccccc4)nc3)cnn2c1N. The standard InChI is InChI=1S/C29H29N9O/c1-2-22-25(19-12-20-9-10-21(13-19)37(20)29(39)27-32-16-33-36-27)35-28-23(15-34-38(28)26(22)30)18-8-11-24(31-14-18)17-6-4-3-5-7-17/h3-8,11,14-16,19-21H,2,9-10,12-13,30H2,1H3,(H,32,33,36). The lowest BCUT2D eigenvalue weighted by atomic mass is 9.85. The van der Waals surface area contributed by atoms with Crippen LogP contribution in [0, 0.1) is 0 Å². The molecule has 0 saturated carbocycles. The number of rotatable bonds is 5. The number of aromatic nitrogens is 7. The summed E-state index contributed by atoms with van der Waals surface area (Å²) in [4.78, 5) is 29.2. The minimum Gasteiger partial charge on any atom is -0.383 e. The zero-order valence-corrected chi connectivity index (χ0v) is 21.7. The van der Waals surface area contributed by atoms with Gasteiger partial charge in [-0.15, -0.1) is 0 Å². The van der Waals surface area contributed by atoms with E-state index in [4.69, 9.17) is 15.7 Å². The van der Waals surface area contributed by atoms with Crippen LogP contribution in [0.25, 0.3) is 28.0 Å². The monoisotopic (exact) mass is 519 g/mol. The van der Waals surface area contributed by atoms with Crippen LogP contribution in [0.1, 0.15) is 60.4 Å². The predicted molar refractivity (Wildman–Crippen MR) is 147 cm³/mol. The number of carbonyl (C=O) groups excluding carboxylic acids is 1. The van der Waals surface area contributed by atoms with E-state index >= 15 is 0 Å². The molecular formula is C29H29N9O. The third-order valence-electron chi connectivity index (χ3n) is 8.29. The first-order chi connectivity index (χ1) is 19.1. The average Bonchev–Trinajstić information content (AvgIpc) is 3.72. The Balaban J connectivity index is 1.24. The summed E-state index contributed by atoms with van der Waals surface area (Å²) in [6, 6.07) is 14.5. The molecular weight excluding hydrogens is 490 g/mol. The summed E-state index contributed by atoms with van der Waals surface area (Å²) in [7, 11) is 0. The molecule has 6 heterocycles. The molecule has 2 bridgehead atoms. The van der Waals surface area contributed by atoms with Crippen molar-refractivity contribution < 1.29 is 4.79 Å². The van der Waals surface area contributed by atoms with Crippen molar-refractivity contribution in [1.82, 2.24) is 39.7 Å². The van der Waals surface area contributed by atoms with Crippen molar-refractivity contribution in [3.05, 3.63) is 78.3 Å². The number of carbonyl (C=O) groups is 1. The van der Waals surface area contributed by atoms with Crippen molar-refractivity contribution in [3.8, 4) is 22.4 Å². The molecule has 10 nitrogen and oxygen atoms in total. The molecule has 10 heteroatoms. The fourth-order valence-electron chi connectivity index (χ4n) is 6.47. The molecule has 2 saturated heterocycles. The lowest BCUT2D eigenvalue weighted by molar-refractivity contribution is 0.0557. The second-order valence-corrected chi connectivity index (χ2v) is 10.4. The first kappa shape index (κ1) is 23.5. The quantitative estimate of drug-likeness (QED) is 0.354. The molecule has 2 unspecified atom stereocenters. The van der Waals surface area contributed by atoms with Crippen molar-refractivity contribution in [2.75, 3.05) is 5.73 Å². The molecule has 1 aromatic carbocycles. The maximum absolute atomic E-state index is 13.1. The van der Waals surface area contributed by atoms with E-state index in [1.54, 1.807) is 4.52 Å². The number of nitrogen functional groups attached to an aromatic ring is 1. The molecule has 2 aliphatic heterocycles. The van der Waals surface area contributed by atoms with Crippen LogP contribution in [0.2, 0.25) is 0 Å². The van der Waals surface area contributed by atoms with Crippen LogP contribution in [-0.2, 0) is 6.42 Å². The largest absolute Gasteiger partial charge is 0.383 e. The van der Waals surface area contributed by atoms with E-state index in [1.165, 1.54) is 6.33 Å². The molecule has 39 heavy (non-hydrogen) atoms. The Labute approximate surface area is 225 Å². The van der Waals surface area contributed by atoms with Gasteiger partial charge in [0.1, 0.15) is 12.1 Å². The highest BCUT2D eigenvalue weighted by Crippen LogP contribution is 2.45. The number of piperidine rings is 1. The van der Waals surface area contributed by atoms with E-state index in [0.29, 0.717) is 11.6 Å². The second-order valence-electron chi connectivity index (χ2n) is 10.4. The van der Waals surface area contributed by atoms with Crippen molar-refractivity contribution in [2.24, 2.45) is 0 Å². The van der Waals surface area contributed by atoms with Crippen molar-refractivity contribution in [2.45, 2.75) is 57.0 Å². The number of nitrogens with zero attached hydrogens (tertiary/aromatic N) is 7. The van der Waals surface area contributed by atoms with Gasteiger partial charge in [0, 0.05) is 46.5 Å². The van der Waals surface area contributed by atoms with Gasteiger partial charge in [0.05, 0.1) is 17.6 Å². The van der Waals surface area contributed by atoms with Crippen LogP contribution < -0.4 is 5.73 Å². The number of amides is 1. The van der Waals surface area contributed by atoms with Gasteiger partial charge in [-0.1, -0.05) is 43.3 Å². The molecule has 2 fully saturated rings. The number of nitrogens with one attached hydrogen (secondary N) is 1. The summed E-state index contributed by atoms with van der Waals surface area (Å²) in [5.41, 5.74) is 13.4. The van der Waals surface area contributed by atoms with Gasteiger partial charge in [-0.05, 0) is 38.2 Å². The number of hydrogen-bond acceptors (Lipinski definition) is 7. The number of anilines is 1. The molecule has 196 valence electrons. The van der Waals surface area contributed by atoms with Crippen molar-refractivity contribution in [3.63, 3.8) is 0 Å². The van der Waals surface area contributed by atoms with Crippen LogP contribution in [0.15, 0.2) is 61.2 Å². The summed E-state index contributed by atoms with van der Waals surface area (Å²) in [5, 5.41) is 11.2. The summed E-state index contributed by atoms with van der Waals surface area (Å²) in [6.45, 7) is 2.11. The molecule has 2 atom stereocenters. The Bertz CT molecular complexity index is 1630. The molecule has 4 aromatic heterocycles. The highest BCUT2D eigenvalue weighted by molar-refractivity contribution is 5.91. The number of pyridine rings is 1. The van der Waals surface area contributed by atoms with Crippen LogP contribution in [-0.4, -0.2) is 57.7 Å². The second kappa shape index (κ2) is 9.30. The average molecular weight is 520 g/mol. The van der Waals surface area contributed by atoms with Gasteiger partial charge in [-0.25, -0.2) is 9.97 Å². The van der Waals surface area contributed by atoms with Crippen LogP contribution in [0.3, 0.4) is 0 Å². The Morgan fingerprint density at radius 1 is 1.03 bits per heavy atom. The fourth-order valence-corrected chi connectivity index (χ4v) is 6.47. The predicted octanol–water partition coefficient (Wildman–Crippen LogP) is 4.27. The Kier molecular flexibility index (Phi) is 5.61.